The van der Waals surface area contributed by atoms with Crippen LogP contribution >= 0.6 is 0 Å². The van der Waals surface area contributed by atoms with E-state index in [1.54, 1.807) is 11.8 Å². The molecule has 1 aromatic heterocycles. The van der Waals surface area contributed by atoms with Gasteiger partial charge in [0.2, 0.25) is 5.91 Å². The lowest BCUT2D eigenvalue weighted by Crippen LogP contribution is -2.42. The topological polar surface area (TPSA) is 81.8 Å². The lowest BCUT2D eigenvalue weighted by Gasteiger charge is -2.30. The maximum Gasteiger partial charge on any atom is 0.419 e. The van der Waals surface area contributed by atoms with Crippen LogP contribution in [0.5, 0.6) is 0 Å². The van der Waals surface area contributed by atoms with E-state index in [4.69, 9.17) is 9.15 Å². The van der Waals surface area contributed by atoms with Crippen molar-refractivity contribution in [2.45, 2.75) is 26.3 Å². The molecule has 0 bridgehead atoms. The third kappa shape index (κ3) is 4.45. The van der Waals surface area contributed by atoms with Crippen molar-refractivity contribution in [3.8, 4) is 11.3 Å². The molecule has 0 aliphatic carbocycles. The van der Waals surface area contributed by atoms with Crippen molar-refractivity contribution in [3.63, 3.8) is 0 Å². The summed E-state index contributed by atoms with van der Waals surface area (Å²) in [7, 11) is 0. The Labute approximate surface area is 155 Å². The van der Waals surface area contributed by atoms with Crippen molar-refractivity contribution in [2.24, 2.45) is 5.92 Å². The third-order valence-corrected chi connectivity index (χ3v) is 4.61. The number of likely N-dealkylation sites (tertiary alicyclic amines) is 1. The van der Waals surface area contributed by atoms with Gasteiger partial charge < -0.3 is 14.1 Å². The van der Waals surface area contributed by atoms with Crippen molar-refractivity contribution in [3.05, 3.63) is 46.8 Å². The summed E-state index contributed by atoms with van der Waals surface area (Å²) in [6.45, 7) is 2.85. The zero-order chi connectivity index (χ0) is 19.4. The molecular formula is C19H21FN2O5. The van der Waals surface area contributed by atoms with Gasteiger partial charge in [-0.2, -0.15) is 0 Å². The standard InChI is InChI=1S/C19H21FN2O5/c1-2-26-18(24)14-7-9-21(10-8-14)17(23)12-22-11-16(27-19(22)25)13-3-5-15(20)6-4-13/h3-6,11,14H,2,7-10,12H2,1H3. The van der Waals surface area contributed by atoms with Gasteiger partial charge in [0.05, 0.1) is 18.7 Å². The summed E-state index contributed by atoms with van der Waals surface area (Å²) < 4.78 is 24.4. The van der Waals surface area contributed by atoms with Crippen LogP contribution in [0.1, 0.15) is 19.8 Å². The van der Waals surface area contributed by atoms with Gasteiger partial charge in [-0.05, 0) is 44.0 Å². The number of rotatable bonds is 5. The fourth-order valence-electron chi connectivity index (χ4n) is 3.10. The number of carbonyl (C=O) groups is 2. The van der Waals surface area contributed by atoms with E-state index in [0.717, 1.165) is 0 Å². The summed E-state index contributed by atoms with van der Waals surface area (Å²) in [5, 5.41) is 0. The molecule has 1 saturated heterocycles. The maximum absolute atomic E-state index is 13.0. The van der Waals surface area contributed by atoms with Gasteiger partial charge >= 0.3 is 11.7 Å². The molecule has 27 heavy (non-hydrogen) atoms. The number of amides is 1. The van der Waals surface area contributed by atoms with Crippen LogP contribution < -0.4 is 5.76 Å². The largest absolute Gasteiger partial charge is 0.466 e. The Morgan fingerprint density at radius 3 is 2.52 bits per heavy atom. The normalized spacial score (nSPS) is 15.0. The molecule has 1 aromatic carbocycles. The van der Waals surface area contributed by atoms with E-state index in [1.165, 1.54) is 35.0 Å². The second kappa shape index (κ2) is 8.20. The highest BCUT2D eigenvalue weighted by atomic mass is 19.1. The van der Waals surface area contributed by atoms with E-state index in [2.05, 4.69) is 0 Å². The summed E-state index contributed by atoms with van der Waals surface area (Å²) in [6, 6.07) is 5.54. The highest BCUT2D eigenvalue weighted by Gasteiger charge is 2.28. The third-order valence-electron chi connectivity index (χ3n) is 4.61. The van der Waals surface area contributed by atoms with Crippen LogP contribution in [0.4, 0.5) is 4.39 Å². The van der Waals surface area contributed by atoms with Crippen molar-refractivity contribution >= 4 is 11.9 Å². The van der Waals surface area contributed by atoms with Crippen LogP contribution in [0.2, 0.25) is 0 Å². The summed E-state index contributed by atoms with van der Waals surface area (Å²) in [6.07, 6.45) is 2.54. The Morgan fingerprint density at radius 2 is 1.89 bits per heavy atom. The van der Waals surface area contributed by atoms with Gasteiger partial charge in [0.25, 0.3) is 0 Å². The zero-order valence-electron chi connectivity index (χ0n) is 15.0. The van der Waals surface area contributed by atoms with E-state index in [9.17, 15) is 18.8 Å². The first-order valence-electron chi connectivity index (χ1n) is 8.88. The number of benzene rings is 1. The fourth-order valence-corrected chi connectivity index (χ4v) is 3.10. The SMILES string of the molecule is CCOC(=O)C1CCN(C(=O)Cn2cc(-c3ccc(F)cc3)oc2=O)CC1. The molecule has 3 rings (SSSR count). The number of esters is 1. The average molecular weight is 376 g/mol. The Balaban J connectivity index is 1.61. The van der Waals surface area contributed by atoms with Crippen molar-refractivity contribution in [1.29, 1.82) is 0 Å². The van der Waals surface area contributed by atoms with Crippen molar-refractivity contribution in [1.82, 2.24) is 9.47 Å². The number of piperidine rings is 1. The predicted octanol–water partition coefficient (Wildman–Crippen LogP) is 2.05. The van der Waals surface area contributed by atoms with E-state index < -0.39 is 5.76 Å². The van der Waals surface area contributed by atoms with Gasteiger partial charge in [-0.25, -0.2) is 9.18 Å². The summed E-state index contributed by atoms with van der Waals surface area (Å²) in [5.41, 5.74) is 0.551. The van der Waals surface area contributed by atoms with Crippen LogP contribution in [0.3, 0.4) is 0 Å². The summed E-state index contributed by atoms with van der Waals surface area (Å²) in [5.74, 6) is -1.39. The van der Waals surface area contributed by atoms with E-state index in [-0.39, 0.29) is 35.9 Å². The molecule has 0 radical (unpaired) electrons. The highest BCUT2D eigenvalue weighted by molar-refractivity contribution is 5.77. The van der Waals surface area contributed by atoms with Gasteiger partial charge in [0.1, 0.15) is 12.4 Å². The first-order valence-corrected chi connectivity index (χ1v) is 8.88. The quantitative estimate of drug-likeness (QED) is 0.746. The van der Waals surface area contributed by atoms with Crippen molar-refractivity contribution in [2.75, 3.05) is 19.7 Å². The Kier molecular flexibility index (Phi) is 5.73. The number of halogens is 1. The number of nitrogens with zero attached hydrogens (tertiary/aromatic N) is 2. The molecule has 0 spiro atoms. The molecule has 0 unspecified atom stereocenters. The molecule has 7 nitrogen and oxygen atoms in total. The molecule has 0 N–H and O–H groups in total. The molecule has 1 aliphatic heterocycles. The van der Waals surface area contributed by atoms with Crippen LogP contribution in [-0.2, 0) is 20.9 Å². The smallest absolute Gasteiger partial charge is 0.419 e. The molecule has 2 aromatic rings. The molecule has 1 amide bonds. The molecule has 1 fully saturated rings. The van der Waals surface area contributed by atoms with Gasteiger partial charge in [-0.3, -0.25) is 14.2 Å². The minimum absolute atomic E-state index is 0.145. The number of oxazole rings is 1. The highest BCUT2D eigenvalue weighted by Crippen LogP contribution is 2.20. The second-order valence-corrected chi connectivity index (χ2v) is 6.40. The molecule has 0 atom stereocenters. The van der Waals surface area contributed by atoms with Gasteiger partial charge in [0, 0.05) is 18.7 Å². The molecule has 2 heterocycles. The molecular weight excluding hydrogens is 355 g/mol. The van der Waals surface area contributed by atoms with Gasteiger partial charge in [-0.1, -0.05) is 0 Å². The first kappa shape index (κ1) is 18.9. The monoisotopic (exact) mass is 376 g/mol. The van der Waals surface area contributed by atoms with Crippen LogP contribution in [0, 0.1) is 11.7 Å². The molecule has 0 saturated carbocycles. The summed E-state index contributed by atoms with van der Waals surface area (Å²) in [4.78, 5) is 37.9. The minimum atomic E-state index is -0.649. The Morgan fingerprint density at radius 1 is 1.22 bits per heavy atom. The Bertz CT molecular complexity index is 863. The van der Waals surface area contributed by atoms with Gasteiger partial charge in [-0.15, -0.1) is 0 Å². The predicted molar refractivity (Wildman–Crippen MR) is 94.3 cm³/mol. The molecule has 144 valence electrons. The van der Waals surface area contributed by atoms with Gasteiger partial charge in [0.15, 0.2) is 5.76 Å². The van der Waals surface area contributed by atoms with E-state index >= 15 is 0 Å². The maximum atomic E-state index is 13.0. The van der Waals surface area contributed by atoms with Crippen LogP contribution in [0.15, 0.2) is 39.7 Å². The fraction of sp³-hybridized carbons (Fsp3) is 0.421. The summed E-state index contributed by atoms with van der Waals surface area (Å²) >= 11 is 0. The average Bonchev–Trinajstić information content (AvgIpc) is 3.03. The number of aromatic nitrogens is 1. The number of hydrogen-bond acceptors (Lipinski definition) is 5. The van der Waals surface area contributed by atoms with E-state index in [0.29, 0.717) is 38.1 Å². The lowest BCUT2D eigenvalue weighted by atomic mass is 9.97. The van der Waals surface area contributed by atoms with Crippen molar-refractivity contribution < 1.29 is 23.1 Å². The Hall–Kier alpha value is -2.90. The van der Waals surface area contributed by atoms with E-state index in [1.807, 2.05) is 0 Å². The number of carbonyl (C=O) groups excluding carboxylic acids is 2. The molecule has 1 aliphatic rings. The zero-order valence-corrected chi connectivity index (χ0v) is 15.0. The second-order valence-electron chi connectivity index (χ2n) is 6.40. The molecule has 8 heteroatoms. The van der Waals surface area contributed by atoms with Crippen LogP contribution in [0.25, 0.3) is 11.3 Å². The first-order chi connectivity index (χ1) is 13.0. The lowest BCUT2D eigenvalue weighted by molar-refractivity contribution is -0.151. The number of hydrogen-bond donors (Lipinski definition) is 0. The number of ether oxygens (including phenoxy) is 1. The van der Waals surface area contributed by atoms with Crippen LogP contribution in [-0.4, -0.2) is 41.0 Å². The minimum Gasteiger partial charge on any atom is -0.466 e.